The fourth-order valence-corrected chi connectivity index (χ4v) is 2.81. The van der Waals surface area contributed by atoms with E-state index in [-0.39, 0.29) is 11.9 Å². The standard InChI is InChI=1S/C14H27N3O2/c1-19-10-11-4-6-17(7-5-11)13(9-15)8-14(18)16-12-2-3-12/h11-13H,2-10,15H2,1H3,(H,16,18). The normalized spacial score (nSPS) is 23.3. The van der Waals surface area contributed by atoms with Crippen LogP contribution in [-0.4, -0.2) is 56.2 Å². The highest BCUT2D eigenvalue weighted by molar-refractivity contribution is 5.77. The Bertz CT molecular complexity index is 286. The molecule has 110 valence electrons. The Labute approximate surface area is 115 Å². The van der Waals surface area contributed by atoms with E-state index in [9.17, 15) is 4.79 Å². The lowest BCUT2D eigenvalue weighted by molar-refractivity contribution is -0.122. The van der Waals surface area contributed by atoms with Crippen LogP contribution in [0.4, 0.5) is 0 Å². The number of hydrogen-bond donors (Lipinski definition) is 2. The van der Waals surface area contributed by atoms with Gasteiger partial charge in [-0.15, -0.1) is 0 Å². The van der Waals surface area contributed by atoms with E-state index in [1.54, 1.807) is 7.11 Å². The number of nitrogens with zero attached hydrogens (tertiary/aromatic N) is 1. The zero-order valence-corrected chi connectivity index (χ0v) is 11.9. The Morgan fingerprint density at radius 2 is 2.05 bits per heavy atom. The van der Waals surface area contributed by atoms with Crippen molar-refractivity contribution in [1.82, 2.24) is 10.2 Å². The Morgan fingerprint density at radius 3 is 2.58 bits per heavy atom. The summed E-state index contributed by atoms with van der Waals surface area (Å²) >= 11 is 0. The van der Waals surface area contributed by atoms with Gasteiger partial charge in [0.05, 0.1) is 0 Å². The maximum absolute atomic E-state index is 11.9. The highest BCUT2D eigenvalue weighted by Gasteiger charge is 2.28. The summed E-state index contributed by atoms with van der Waals surface area (Å²) in [7, 11) is 1.76. The highest BCUT2D eigenvalue weighted by atomic mass is 16.5. The second-order valence-electron chi connectivity index (χ2n) is 5.87. The van der Waals surface area contributed by atoms with Crippen LogP contribution in [0.3, 0.4) is 0 Å². The zero-order chi connectivity index (χ0) is 13.7. The van der Waals surface area contributed by atoms with Gasteiger partial charge in [-0.2, -0.15) is 0 Å². The van der Waals surface area contributed by atoms with Gasteiger partial charge < -0.3 is 15.8 Å². The van der Waals surface area contributed by atoms with Crippen molar-refractivity contribution in [3.8, 4) is 0 Å². The van der Waals surface area contributed by atoms with E-state index in [0.29, 0.717) is 24.9 Å². The van der Waals surface area contributed by atoms with Crippen molar-refractivity contribution in [2.45, 2.75) is 44.2 Å². The molecule has 1 unspecified atom stereocenters. The Hall–Kier alpha value is -0.650. The van der Waals surface area contributed by atoms with Crippen molar-refractivity contribution >= 4 is 5.91 Å². The van der Waals surface area contributed by atoms with Gasteiger partial charge in [0, 0.05) is 38.8 Å². The van der Waals surface area contributed by atoms with E-state index in [0.717, 1.165) is 45.4 Å². The molecular weight excluding hydrogens is 242 g/mol. The molecule has 1 atom stereocenters. The van der Waals surface area contributed by atoms with E-state index in [1.165, 1.54) is 0 Å². The van der Waals surface area contributed by atoms with Gasteiger partial charge in [0.2, 0.25) is 5.91 Å². The van der Waals surface area contributed by atoms with Gasteiger partial charge in [-0.05, 0) is 44.7 Å². The van der Waals surface area contributed by atoms with Crippen LogP contribution in [-0.2, 0) is 9.53 Å². The minimum absolute atomic E-state index is 0.164. The van der Waals surface area contributed by atoms with E-state index in [4.69, 9.17) is 10.5 Å². The number of rotatable bonds is 7. The largest absolute Gasteiger partial charge is 0.384 e. The quantitative estimate of drug-likeness (QED) is 0.699. The molecule has 1 amide bonds. The summed E-state index contributed by atoms with van der Waals surface area (Å²) in [5.74, 6) is 0.830. The number of hydrogen-bond acceptors (Lipinski definition) is 4. The third kappa shape index (κ3) is 4.75. The second kappa shape index (κ2) is 7.22. The van der Waals surface area contributed by atoms with Crippen LogP contribution >= 0.6 is 0 Å². The number of carbonyl (C=O) groups is 1. The van der Waals surface area contributed by atoms with Gasteiger partial charge >= 0.3 is 0 Å². The van der Waals surface area contributed by atoms with Gasteiger partial charge in [0.1, 0.15) is 0 Å². The molecule has 0 bridgehead atoms. The number of nitrogens with one attached hydrogen (secondary N) is 1. The van der Waals surface area contributed by atoms with Gasteiger partial charge in [0.15, 0.2) is 0 Å². The molecule has 0 aromatic rings. The monoisotopic (exact) mass is 269 g/mol. The number of amides is 1. The van der Waals surface area contributed by atoms with Crippen LogP contribution in [0.1, 0.15) is 32.1 Å². The molecule has 5 heteroatoms. The molecule has 2 rings (SSSR count). The van der Waals surface area contributed by atoms with Gasteiger partial charge in [-0.3, -0.25) is 9.69 Å². The molecule has 0 radical (unpaired) electrons. The van der Waals surface area contributed by atoms with Crippen molar-refractivity contribution < 1.29 is 9.53 Å². The number of piperidine rings is 1. The Kier molecular flexibility index (Phi) is 5.60. The van der Waals surface area contributed by atoms with Crippen molar-refractivity contribution in [2.24, 2.45) is 11.7 Å². The predicted octanol–water partition coefficient (Wildman–Crippen LogP) is 0.341. The van der Waals surface area contributed by atoms with Crippen LogP contribution in [0.15, 0.2) is 0 Å². The number of nitrogens with two attached hydrogens (primary N) is 1. The number of carbonyl (C=O) groups excluding carboxylic acids is 1. The molecule has 1 aliphatic heterocycles. The fraction of sp³-hybridized carbons (Fsp3) is 0.929. The summed E-state index contributed by atoms with van der Waals surface area (Å²) in [6, 6.07) is 0.639. The lowest BCUT2D eigenvalue weighted by atomic mass is 9.96. The summed E-state index contributed by atoms with van der Waals surface area (Å²) in [6.45, 7) is 3.48. The molecule has 2 aliphatic rings. The number of ether oxygens (including phenoxy) is 1. The third-order valence-corrected chi connectivity index (χ3v) is 4.20. The van der Waals surface area contributed by atoms with E-state index in [1.807, 2.05) is 0 Å². The van der Waals surface area contributed by atoms with Crippen molar-refractivity contribution in [1.29, 1.82) is 0 Å². The minimum atomic E-state index is 0.164. The van der Waals surface area contributed by atoms with E-state index >= 15 is 0 Å². The van der Waals surface area contributed by atoms with Crippen molar-refractivity contribution in [3.05, 3.63) is 0 Å². The van der Waals surface area contributed by atoms with Gasteiger partial charge in [-0.25, -0.2) is 0 Å². The zero-order valence-electron chi connectivity index (χ0n) is 11.9. The van der Waals surface area contributed by atoms with Crippen LogP contribution in [0.25, 0.3) is 0 Å². The second-order valence-corrected chi connectivity index (χ2v) is 5.87. The summed E-state index contributed by atoms with van der Waals surface area (Å²) in [4.78, 5) is 14.2. The van der Waals surface area contributed by atoms with Crippen LogP contribution < -0.4 is 11.1 Å². The average Bonchev–Trinajstić information content (AvgIpc) is 3.21. The summed E-state index contributed by atoms with van der Waals surface area (Å²) in [5.41, 5.74) is 5.85. The molecule has 0 spiro atoms. The summed E-state index contributed by atoms with van der Waals surface area (Å²) < 4.78 is 5.21. The van der Waals surface area contributed by atoms with Crippen molar-refractivity contribution in [2.75, 3.05) is 33.4 Å². The highest BCUT2D eigenvalue weighted by Crippen LogP contribution is 2.21. The summed E-state index contributed by atoms with van der Waals surface area (Å²) in [6.07, 6.45) is 5.12. The van der Waals surface area contributed by atoms with E-state index in [2.05, 4.69) is 10.2 Å². The Balaban J connectivity index is 1.73. The average molecular weight is 269 g/mol. The first-order chi connectivity index (χ1) is 9.22. The maximum Gasteiger partial charge on any atom is 0.221 e. The van der Waals surface area contributed by atoms with Crippen LogP contribution in [0, 0.1) is 5.92 Å². The lowest BCUT2D eigenvalue weighted by Crippen LogP contribution is -2.48. The predicted molar refractivity (Wildman–Crippen MR) is 74.8 cm³/mol. The maximum atomic E-state index is 11.9. The summed E-state index contributed by atoms with van der Waals surface area (Å²) in [5, 5.41) is 3.05. The molecule has 2 fully saturated rings. The molecule has 3 N–H and O–H groups in total. The topological polar surface area (TPSA) is 67.6 Å². The smallest absolute Gasteiger partial charge is 0.221 e. The fourth-order valence-electron chi connectivity index (χ4n) is 2.81. The third-order valence-electron chi connectivity index (χ3n) is 4.20. The Morgan fingerprint density at radius 1 is 1.37 bits per heavy atom. The van der Waals surface area contributed by atoms with Gasteiger partial charge in [-0.1, -0.05) is 0 Å². The molecule has 0 aromatic heterocycles. The lowest BCUT2D eigenvalue weighted by Gasteiger charge is -2.36. The first-order valence-electron chi connectivity index (χ1n) is 7.45. The SMILES string of the molecule is COCC1CCN(C(CN)CC(=O)NC2CC2)CC1. The molecule has 5 nitrogen and oxygen atoms in total. The number of likely N-dealkylation sites (tertiary alicyclic amines) is 1. The molecule has 1 aliphatic carbocycles. The van der Waals surface area contributed by atoms with Gasteiger partial charge in [0.25, 0.3) is 0 Å². The first-order valence-corrected chi connectivity index (χ1v) is 7.45. The molecule has 1 heterocycles. The molecule has 1 saturated heterocycles. The molecule has 19 heavy (non-hydrogen) atoms. The van der Waals surface area contributed by atoms with Crippen LogP contribution in [0.5, 0.6) is 0 Å². The van der Waals surface area contributed by atoms with E-state index < -0.39 is 0 Å². The molecule has 0 aromatic carbocycles. The van der Waals surface area contributed by atoms with Crippen LogP contribution in [0.2, 0.25) is 0 Å². The number of methoxy groups -OCH3 is 1. The molecule has 1 saturated carbocycles. The first kappa shape index (κ1) is 14.8. The van der Waals surface area contributed by atoms with Crippen molar-refractivity contribution in [3.63, 3.8) is 0 Å². The minimum Gasteiger partial charge on any atom is -0.384 e. The molecular formula is C14H27N3O2.